The van der Waals surface area contributed by atoms with Crippen molar-refractivity contribution in [1.82, 2.24) is 0 Å². The Hall–Kier alpha value is -0.0751. The molecule has 0 aromatic heterocycles. The minimum absolute atomic E-state index is 0.123. The second kappa shape index (κ2) is 3.55. The van der Waals surface area contributed by atoms with Crippen LogP contribution in [0.5, 0.6) is 0 Å². The molecule has 0 unspecified atom stereocenters. The molecule has 0 heterocycles. The Morgan fingerprint density at radius 2 is 1.91 bits per heavy atom. The van der Waals surface area contributed by atoms with Gasteiger partial charge in [-0.2, -0.15) is 0 Å². The summed E-state index contributed by atoms with van der Waals surface area (Å²) in [6, 6.07) is 0. The number of hydrogen-bond acceptors (Lipinski definition) is 0. The number of alkyl halides is 2. The van der Waals surface area contributed by atoms with Gasteiger partial charge in [0.2, 0.25) is 5.92 Å². The van der Waals surface area contributed by atoms with Crippen LogP contribution in [0.15, 0.2) is 0 Å². The second-order valence-corrected chi connectivity index (χ2v) is 3.59. The third kappa shape index (κ3) is 2.80. The van der Waals surface area contributed by atoms with Gasteiger partial charge in [0, 0.05) is 12.8 Å². The zero-order valence-electron chi connectivity index (χ0n) is 7.08. The molecule has 0 aliphatic heterocycles. The molecule has 0 N–H and O–H groups in total. The van der Waals surface area contributed by atoms with Crippen LogP contribution in [0.25, 0.3) is 0 Å². The Bertz CT molecular complexity index is 115. The Labute approximate surface area is 67.6 Å². The SMILES string of the molecule is CBCC1CCC(F)(F)CC1. The van der Waals surface area contributed by atoms with Gasteiger partial charge in [0.15, 0.2) is 0 Å². The summed E-state index contributed by atoms with van der Waals surface area (Å²) in [7, 11) is 1.14. The van der Waals surface area contributed by atoms with Crippen LogP contribution < -0.4 is 0 Å². The first-order valence-electron chi connectivity index (χ1n) is 4.52. The maximum absolute atomic E-state index is 12.6. The summed E-state index contributed by atoms with van der Waals surface area (Å²) in [5.41, 5.74) is 0. The second-order valence-electron chi connectivity index (χ2n) is 3.59. The molecule has 0 atom stereocenters. The lowest BCUT2D eigenvalue weighted by Crippen LogP contribution is -2.24. The van der Waals surface area contributed by atoms with E-state index in [2.05, 4.69) is 6.82 Å². The Morgan fingerprint density at radius 1 is 1.36 bits per heavy atom. The quantitative estimate of drug-likeness (QED) is 0.544. The van der Waals surface area contributed by atoms with Crippen LogP contribution in [0.1, 0.15) is 25.7 Å². The van der Waals surface area contributed by atoms with E-state index in [9.17, 15) is 8.78 Å². The zero-order chi connectivity index (χ0) is 8.32. The molecule has 0 nitrogen and oxygen atoms in total. The third-order valence-electron chi connectivity index (χ3n) is 2.53. The molecule has 0 aromatic rings. The van der Waals surface area contributed by atoms with Gasteiger partial charge in [-0.25, -0.2) is 8.78 Å². The Morgan fingerprint density at radius 3 is 2.36 bits per heavy atom. The van der Waals surface area contributed by atoms with Crippen molar-refractivity contribution in [2.24, 2.45) is 5.92 Å². The van der Waals surface area contributed by atoms with Crippen molar-refractivity contribution in [3.63, 3.8) is 0 Å². The molecule has 1 aliphatic rings. The monoisotopic (exact) mass is 160 g/mol. The van der Waals surface area contributed by atoms with Crippen LogP contribution in [0, 0.1) is 5.92 Å². The van der Waals surface area contributed by atoms with Gasteiger partial charge in [-0.3, -0.25) is 0 Å². The molecule has 0 amide bonds. The smallest absolute Gasteiger partial charge is 0.207 e. The van der Waals surface area contributed by atoms with Gasteiger partial charge in [0.05, 0.1) is 0 Å². The summed E-state index contributed by atoms with van der Waals surface area (Å²) in [4.78, 5) is 0. The van der Waals surface area contributed by atoms with Crippen LogP contribution in [0.3, 0.4) is 0 Å². The van der Waals surface area contributed by atoms with Crippen LogP contribution in [-0.2, 0) is 0 Å². The molecule has 0 aromatic carbocycles. The van der Waals surface area contributed by atoms with Crippen LogP contribution >= 0.6 is 0 Å². The first kappa shape index (κ1) is 9.02. The fraction of sp³-hybridized carbons (Fsp3) is 1.00. The van der Waals surface area contributed by atoms with Crippen LogP contribution in [0.4, 0.5) is 8.78 Å². The summed E-state index contributed by atoms with van der Waals surface area (Å²) in [6.07, 6.45) is 2.85. The molecule has 3 heteroatoms. The van der Waals surface area contributed by atoms with E-state index in [1.807, 2.05) is 0 Å². The highest BCUT2D eigenvalue weighted by molar-refractivity contribution is 6.33. The van der Waals surface area contributed by atoms with Crippen molar-refractivity contribution in [3.05, 3.63) is 0 Å². The average Bonchev–Trinajstić information content (AvgIpc) is 1.94. The van der Waals surface area contributed by atoms with E-state index in [-0.39, 0.29) is 12.8 Å². The molecule has 0 radical (unpaired) electrons. The van der Waals surface area contributed by atoms with Crippen molar-refractivity contribution >= 4 is 7.28 Å². The predicted octanol–water partition coefficient (Wildman–Crippen LogP) is 2.71. The van der Waals surface area contributed by atoms with E-state index in [0.717, 1.165) is 26.4 Å². The molecule has 1 rings (SSSR count). The topological polar surface area (TPSA) is 0 Å². The fourth-order valence-corrected chi connectivity index (χ4v) is 1.80. The lowest BCUT2D eigenvalue weighted by molar-refractivity contribution is -0.0438. The Kier molecular flexibility index (Phi) is 2.91. The molecule has 1 saturated carbocycles. The van der Waals surface area contributed by atoms with Crippen LogP contribution in [0.2, 0.25) is 13.1 Å². The first-order chi connectivity index (χ1) is 5.14. The van der Waals surface area contributed by atoms with Crippen molar-refractivity contribution in [2.75, 3.05) is 0 Å². The molecular formula is C8H15BF2. The van der Waals surface area contributed by atoms with Gasteiger partial charge < -0.3 is 0 Å². The summed E-state index contributed by atoms with van der Waals surface area (Å²) < 4.78 is 25.2. The third-order valence-corrected chi connectivity index (χ3v) is 2.53. The first-order valence-corrected chi connectivity index (χ1v) is 4.52. The van der Waals surface area contributed by atoms with Gasteiger partial charge in [0.1, 0.15) is 7.28 Å². The number of hydrogen-bond donors (Lipinski definition) is 0. The summed E-state index contributed by atoms with van der Waals surface area (Å²) in [5.74, 6) is -1.76. The average molecular weight is 160 g/mol. The van der Waals surface area contributed by atoms with Gasteiger partial charge in [-0.15, -0.1) is 0 Å². The predicted molar refractivity (Wildman–Crippen MR) is 44.7 cm³/mol. The highest BCUT2D eigenvalue weighted by atomic mass is 19.3. The summed E-state index contributed by atoms with van der Waals surface area (Å²) in [6.45, 7) is 2.12. The van der Waals surface area contributed by atoms with Gasteiger partial charge >= 0.3 is 0 Å². The molecule has 0 spiro atoms. The van der Waals surface area contributed by atoms with E-state index < -0.39 is 5.92 Å². The highest BCUT2D eigenvalue weighted by Gasteiger charge is 2.34. The van der Waals surface area contributed by atoms with Crippen molar-refractivity contribution in [3.8, 4) is 0 Å². The van der Waals surface area contributed by atoms with Gasteiger partial charge in [-0.05, 0) is 18.8 Å². The van der Waals surface area contributed by atoms with Crippen molar-refractivity contribution < 1.29 is 8.78 Å². The maximum atomic E-state index is 12.6. The van der Waals surface area contributed by atoms with Gasteiger partial charge in [0.25, 0.3) is 0 Å². The molecule has 1 fully saturated rings. The molecule has 11 heavy (non-hydrogen) atoms. The molecule has 0 saturated heterocycles. The number of halogens is 2. The maximum Gasteiger partial charge on any atom is 0.248 e. The van der Waals surface area contributed by atoms with E-state index in [1.54, 1.807) is 0 Å². The summed E-state index contributed by atoms with van der Waals surface area (Å²) in [5, 5.41) is 0. The van der Waals surface area contributed by atoms with E-state index in [0.29, 0.717) is 5.92 Å². The van der Waals surface area contributed by atoms with E-state index >= 15 is 0 Å². The lowest BCUT2D eigenvalue weighted by atomic mass is 9.68. The van der Waals surface area contributed by atoms with Gasteiger partial charge in [-0.1, -0.05) is 13.1 Å². The Balaban J connectivity index is 2.25. The zero-order valence-corrected chi connectivity index (χ0v) is 7.08. The van der Waals surface area contributed by atoms with E-state index in [1.165, 1.54) is 0 Å². The minimum Gasteiger partial charge on any atom is -0.207 e. The van der Waals surface area contributed by atoms with Crippen molar-refractivity contribution in [2.45, 2.75) is 44.7 Å². The standard InChI is InChI=1S/C8H15BF2/c1-9-6-7-2-4-8(10,11)5-3-7/h7,9H,2-6H2,1H3. The molecular weight excluding hydrogens is 145 g/mol. The molecule has 1 aliphatic carbocycles. The largest absolute Gasteiger partial charge is 0.248 e. The van der Waals surface area contributed by atoms with E-state index in [4.69, 9.17) is 0 Å². The summed E-state index contributed by atoms with van der Waals surface area (Å²) >= 11 is 0. The minimum atomic E-state index is -2.34. The fourth-order valence-electron chi connectivity index (χ4n) is 1.80. The van der Waals surface area contributed by atoms with Crippen LogP contribution in [-0.4, -0.2) is 13.2 Å². The highest BCUT2D eigenvalue weighted by Crippen LogP contribution is 2.37. The molecule has 0 bridgehead atoms. The number of rotatable bonds is 2. The molecule has 64 valence electrons. The van der Waals surface area contributed by atoms with Crippen molar-refractivity contribution in [1.29, 1.82) is 0 Å². The normalized spacial score (nSPS) is 25.0. The lowest BCUT2D eigenvalue weighted by Gasteiger charge is -2.27.